The highest BCUT2D eigenvalue weighted by Gasteiger charge is 2.11. The Labute approximate surface area is 101 Å². The molecule has 0 bridgehead atoms. The van der Waals surface area contributed by atoms with Gasteiger partial charge in [-0.1, -0.05) is 6.92 Å². The number of methoxy groups -OCH3 is 1. The van der Waals surface area contributed by atoms with Gasteiger partial charge in [-0.25, -0.2) is 4.98 Å². The fourth-order valence-electron chi connectivity index (χ4n) is 1.37. The Bertz CT molecular complexity index is 303. The van der Waals surface area contributed by atoms with Crippen LogP contribution in [0.15, 0.2) is 6.20 Å². The molecule has 0 spiro atoms. The Morgan fingerprint density at radius 2 is 2.38 bits per heavy atom. The number of ether oxygens (including phenoxy) is 1. The zero-order valence-electron chi connectivity index (χ0n) is 10.2. The summed E-state index contributed by atoms with van der Waals surface area (Å²) in [5.74, 6) is 0. The third-order valence-corrected chi connectivity index (χ3v) is 3.68. The molecule has 1 heterocycles. The predicted molar refractivity (Wildman–Crippen MR) is 67.8 cm³/mol. The first-order valence-corrected chi connectivity index (χ1v) is 6.41. The molecule has 2 atom stereocenters. The number of nitrogens with two attached hydrogens (primary N) is 1. The lowest BCUT2D eigenvalue weighted by Gasteiger charge is -2.15. The number of aromatic nitrogens is 1. The lowest BCUT2D eigenvalue weighted by Crippen LogP contribution is -2.38. The lowest BCUT2D eigenvalue weighted by molar-refractivity contribution is 0.178. The highest BCUT2D eigenvalue weighted by Crippen LogP contribution is 2.19. The molecule has 0 aliphatic carbocycles. The van der Waals surface area contributed by atoms with Crippen LogP contribution in [0, 0.1) is 0 Å². The Morgan fingerprint density at radius 3 is 2.94 bits per heavy atom. The molecule has 3 N–H and O–H groups in total. The quantitative estimate of drug-likeness (QED) is 0.758. The normalized spacial score (nSPS) is 15.0. The van der Waals surface area contributed by atoms with Gasteiger partial charge in [-0.05, 0) is 13.3 Å². The van der Waals surface area contributed by atoms with Gasteiger partial charge in [0.1, 0.15) is 5.01 Å². The zero-order chi connectivity index (χ0) is 12.0. The first-order chi connectivity index (χ1) is 7.67. The van der Waals surface area contributed by atoms with Gasteiger partial charge in [0.2, 0.25) is 0 Å². The van der Waals surface area contributed by atoms with Crippen molar-refractivity contribution in [2.75, 3.05) is 20.3 Å². The maximum Gasteiger partial charge on any atom is 0.109 e. The Morgan fingerprint density at radius 1 is 1.62 bits per heavy atom. The SMILES string of the molecule is CCc1cnc(C(C)NCC(N)COC)s1. The number of hydrogen-bond acceptors (Lipinski definition) is 5. The topological polar surface area (TPSA) is 60.2 Å². The molecule has 0 aliphatic heterocycles. The molecule has 92 valence electrons. The van der Waals surface area contributed by atoms with Gasteiger partial charge in [-0.15, -0.1) is 11.3 Å². The predicted octanol–water partition coefficient (Wildman–Crippen LogP) is 1.33. The molecule has 16 heavy (non-hydrogen) atoms. The fraction of sp³-hybridized carbons (Fsp3) is 0.727. The van der Waals surface area contributed by atoms with Crippen LogP contribution in [0.2, 0.25) is 0 Å². The van der Waals surface area contributed by atoms with Gasteiger partial charge < -0.3 is 15.8 Å². The summed E-state index contributed by atoms with van der Waals surface area (Å²) in [6.45, 7) is 5.58. The largest absolute Gasteiger partial charge is 0.383 e. The lowest BCUT2D eigenvalue weighted by atomic mass is 10.3. The molecule has 1 rings (SSSR count). The second-order valence-corrected chi connectivity index (χ2v) is 5.01. The first-order valence-electron chi connectivity index (χ1n) is 5.59. The van der Waals surface area contributed by atoms with Crippen LogP contribution in [-0.4, -0.2) is 31.3 Å². The summed E-state index contributed by atoms with van der Waals surface area (Å²) in [7, 11) is 1.66. The van der Waals surface area contributed by atoms with Crippen LogP contribution < -0.4 is 11.1 Å². The van der Waals surface area contributed by atoms with Crippen molar-refractivity contribution in [1.29, 1.82) is 0 Å². The van der Waals surface area contributed by atoms with Crippen LogP contribution in [0.4, 0.5) is 0 Å². The van der Waals surface area contributed by atoms with E-state index in [0.717, 1.165) is 18.0 Å². The van der Waals surface area contributed by atoms with E-state index < -0.39 is 0 Å². The molecule has 0 saturated carbocycles. The van der Waals surface area contributed by atoms with E-state index in [1.54, 1.807) is 18.4 Å². The second kappa shape index (κ2) is 6.96. The number of rotatable bonds is 7. The molecule has 1 aromatic heterocycles. The van der Waals surface area contributed by atoms with Crippen molar-refractivity contribution in [2.24, 2.45) is 5.73 Å². The molecule has 0 fully saturated rings. The van der Waals surface area contributed by atoms with Crippen LogP contribution >= 0.6 is 11.3 Å². The summed E-state index contributed by atoms with van der Waals surface area (Å²) in [6.07, 6.45) is 3.00. The number of aryl methyl sites for hydroxylation is 1. The van der Waals surface area contributed by atoms with E-state index in [0.29, 0.717) is 6.61 Å². The molecule has 1 aromatic rings. The standard InChI is InChI=1S/C11H21N3OS/c1-4-10-6-14-11(16-10)8(2)13-5-9(12)7-15-3/h6,8-9,13H,4-5,7,12H2,1-3H3. The maximum absolute atomic E-state index is 5.84. The number of hydrogen-bond donors (Lipinski definition) is 2. The fourth-order valence-corrected chi connectivity index (χ4v) is 2.26. The number of thiazole rings is 1. The van der Waals surface area contributed by atoms with E-state index in [-0.39, 0.29) is 12.1 Å². The summed E-state index contributed by atoms with van der Waals surface area (Å²) in [5, 5.41) is 4.49. The molecule has 0 aliphatic rings. The van der Waals surface area contributed by atoms with Crippen molar-refractivity contribution in [3.8, 4) is 0 Å². The number of nitrogens with one attached hydrogen (secondary N) is 1. The second-order valence-electron chi connectivity index (χ2n) is 3.86. The van der Waals surface area contributed by atoms with Gasteiger partial charge in [-0.2, -0.15) is 0 Å². The van der Waals surface area contributed by atoms with Gasteiger partial charge in [0.05, 0.1) is 12.6 Å². The zero-order valence-corrected chi connectivity index (χ0v) is 11.0. The molecule has 0 saturated heterocycles. The smallest absolute Gasteiger partial charge is 0.109 e. The van der Waals surface area contributed by atoms with Crippen LogP contribution in [0.5, 0.6) is 0 Å². The molecule has 0 aromatic carbocycles. The van der Waals surface area contributed by atoms with E-state index in [2.05, 4.69) is 24.1 Å². The van der Waals surface area contributed by atoms with Gasteiger partial charge in [-0.3, -0.25) is 0 Å². The Hall–Kier alpha value is -0.490. The molecule has 0 radical (unpaired) electrons. The molecular weight excluding hydrogens is 222 g/mol. The van der Waals surface area contributed by atoms with Crippen molar-refractivity contribution < 1.29 is 4.74 Å². The average Bonchev–Trinajstić information content (AvgIpc) is 2.75. The average molecular weight is 243 g/mol. The van der Waals surface area contributed by atoms with Crippen molar-refractivity contribution in [3.63, 3.8) is 0 Å². The monoisotopic (exact) mass is 243 g/mol. The minimum absolute atomic E-state index is 0.0399. The number of nitrogens with zero attached hydrogens (tertiary/aromatic N) is 1. The summed E-state index contributed by atoms with van der Waals surface area (Å²) >= 11 is 1.76. The molecule has 0 amide bonds. The van der Waals surface area contributed by atoms with Crippen LogP contribution in [0.3, 0.4) is 0 Å². The van der Waals surface area contributed by atoms with E-state index >= 15 is 0 Å². The highest BCUT2D eigenvalue weighted by molar-refractivity contribution is 7.11. The van der Waals surface area contributed by atoms with Gasteiger partial charge in [0, 0.05) is 30.8 Å². The maximum atomic E-state index is 5.84. The van der Waals surface area contributed by atoms with E-state index in [4.69, 9.17) is 10.5 Å². The Kier molecular flexibility index (Phi) is 5.90. The van der Waals surface area contributed by atoms with E-state index in [1.807, 2.05) is 6.20 Å². The van der Waals surface area contributed by atoms with Crippen molar-refractivity contribution in [1.82, 2.24) is 10.3 Å². The van der Waals surface area contributed by atoms with Gasteiger partial charge in [0.25, 0.3) is 0 Å². The summed E-state index contributed by atoms with van der Waals surface area (Å²) in [4.78, 5) is 5.72. The molecule has 4 nitrogen and oxygen atoms in total. The summed E-state index contributed by atoms with van der Waals surface area (Å²) in [6, 6.07) is 0.297. The molecular formula is C11H21N3OS. The van der Waals surface area contributed by atoms with Crippen LogP contribution in [0.1, 0.15) is 29.8 Å². The Balaban J connectivity index is 2.37. The summed E-state index contributed by atoms with van der Waals surface area (Å²) in [5.41, 5.74) is 5.84. The van der Waals surface area contributed by atoms with Crippen molar-refractivity contribution in [2.45, 2.75) is 32.4 Å². The van der Waals surface area contributed by atoms with Gasteiger partial charge >= 0.3 is 0 Å². The minimum atomic E-state index is 0.0399. The van der Waals surface area contributed by atoms with Crippen LogP contribution in [0.25, 0.3) is 0 Å². The third kappa shape index (κ3) is 4.17. The third-order valence-electron chi connectivity index (χ3n) is 2.36. The molecule has 2 unspecified atom stereocenters. The minimum Gasteiger partial charge on any atom is -0.383 e. The molecule has 5 heteroatoms. The summed E-state index contributed by atoms with van der Waals surface area (Å²) < 4.78 is 4.99. The van der Waals surface area contributed by atoms with Crippen molar-refractivity contribution >= 4 is 11.3 Å². The highest BCUT2D eigenvalue weighted by atomic mass is 32.1. The van der Waals surface area contributed by atoms with E-state index in [9.17, 15) is 0 Å². The van der Waals surface area contributed by atoms with Crippen LogP contribution in [-0.2, 0) is 11.2 Å². The van der Waals surface area contributed by atoms with E-state index in [1.165, 1.54) is 4.88 Å². The van der Waals surface area contributed by atoms with Gasteiger partial charge in [0.15, 0.2) is 0 Å². The first kappa shape index (κ1) is 13.6. The van der Waals surface area contributed by atoms with Crippen molar-refractivity contribution in [3.05, 3.63) is 16.1 Å².